The van der Waals surface area contributed by atoms with Gasteiger partial charge in [-0.05, 0) is 42.1 Å². The Balaban J connectivity index is 1.40. The summed E-state index contributed by atoms with van der Waals surface area (Å²) in [6.45, 7) is 2.99. The number of fused-ring (bicyclic) bond motifs is 1. The number of rotatable bonds is 6. The number of thioether (sulfide) groups is 1. The molecule has 7 heteroatoms. The lowest BCUT2D eigenvalue weighted by Gasteiger charge is -2.22. The summed E-state index contributed by atoms with van der Waals surface area (Å²) in [5.74, 6) is -0.0486. The average Bonchev–Trinajstić information content (AvgIpc) is 3.56. The molecule has 1 amide bonds. The lowest BCUT2D eigenvalue weighted by atomic mass is 10.0. The highest BCUT2D eigenvalue weighted by atomic mass is 32.2. The van der Waals surface area contributed by atoms with E-state index in [-0.39, 0.29) is 23.5 Å². The maximum atomic E-state index is 13.5. The van der Waals surface area contributed by atoms with Crippen molar-refractivity contribution in [3.05, 3.63) is 88.5 Å². The number of hydrogen-bond acceptors (Lipinski definition) is 4. The molecule has 0 spiro atoms. The van der Waals surface area contributed by atoms with Crippen LogP contribution in [0.3, 0.4) is 0 Å². The van der Waals surface area contributed by atoms with Crippen LogP contribution in [0.15, 0.2) is 82.2 Å². The van der Waals surface area contributed by atoms with Crippen molar-refractivity contribution in [3.63, 3.8) is 0 Å². The summed E-state index contributed by atoms with van der Waals surface area (Å²) in [5, 5.41) is 9.46. The van der Waals surface area contributed by atoms with Crippen molar-refractivity contribution in [3.8, 4) is 0 Å². The van der Waals surface area contributed by atoms with E-state index in [4.69, 9.17) is 5.10 Å². The van der Waals surface area contributed by atoms with Gasteiger partial charge in [-0.25, -0.2) is 9.40 Å². The van der Waals surface area contributed by atoms with Gasteiger partial charge in [-0.3, -0.25) is 4.79 Å². The van der Waals surface area contributed by atoms with E-state index in [1.54, 1.807) is 40.2 Å². The van der Waals surface area contributed by atoms with Crippen molar-refractivity contribution in [2.75, 3.05) is 5.75 Å². The third-order valence-electron chi connectivity index (χ3n) is 5.67. The third-order valence-corrected chi connectivity index (χ3v) is 7.62. The number of hydrazone groups is 1. The molecule has 0 saturated carbocycles. The van der Waals surface area contributed by atoms with Crippen LogP contribution < -0.4 is 0 Å². The van der Waals surface area contributed by atoms with Gasteiger partial charge in [-0.15, -0.1) is 23.1 Å². The van der Waals surface area contributed by atoms with Crippen molar-refractivity contribution in [1.82, 2.24) is 9.58 Å². The van der Waals surface area contributed by atoms with Crippen molar-refractivity contribution in [1.29, 1.82) is 0 Å². The largest absolute Gasteiger partial charge is 0.347 e. The molecule has 0 saturated heterocycles. The predicted octanol–water partition coefficient (Wildman–Crippen LogP) is 6.33. The number of hydrogen-bond donors (Lipinski definition) is 0. The predicted molar refractivity (Wildman–Crippen MR) is 130 cm³/mol. The highest BCUT2D eigenvalue weighted by molar-refractivity contribution is 8.00. The number of carbonyl (C=O) groups excluding carboxylic acids is 1. The van der Waals surface area contributed by atoms with Crippen molar-refractivity contribution >= 4 is 45.6 Å². The summed E-state index contributed by atoms with van der Waals surface area (Å²) in [6.07, 6.45) is 2.74. The Hall–Kier alpha value is -2.90. The zero-order valence-electron chi connectivity index (χ0n) is 17.6. The van der Waals surface area contributed by atoms with Gasteiger partial charge in [0.2, 0.25) is 0 Å². The molecule has 1 aliphatic heterocycles. The minimum absolute atomic E-state index is 0.0517. The van der Waals surface area contributed by atoms with Gasteiger partial charge in [0.05, 0.1) is 22.4 Å². The van der Waals surface area contributed by atoms with Gasteiger partial charge in [-0.2, -0.15) is 5.10 Å². The molecule has 0 radical (unpaired) electrons. The molecule has 3 heterocycles. The minimum Gasteiger partial charge on any atom is -0.347 e. The molecule has 0 aliphatic carbocycles. The number of nitrogens with zero attached hydrogens (tertiary/aromatic N) is 3. The third kappa shape index (κ3) is 3.98. The van der Waals surface area contributed by atoms with Crippen LogP contribution in [0.1, 0.15) is 29.8 Å². The highest BCUT2D eigenvalue weighted by Crippen LogP contribution is 2.36. The summed E-state index contributed by atoms with van der Waals surface area (Å²) in [6, 6.07) is 18.4. The summed E-state index contributed by atoms with van der Waals surface area (Å²) in [5.41, 5.74) is 2.96. The van der Waals surface area contributed by atoms with E-state index < -0.39 is 0 Å². The van der Waals surface area contributed by atoms with Gasteiger partial charge in [0.1, 0.15) is 5.82 Å². The topological polar surface area (TPSA) is 37.6 Å². The second-order valence-electron chi connectivity index (χ2n) is 7.62. The Morgan fingerprint density at radius 1 is 1.16 bits per heavy atom. The molecule has 2 aromatic carbocycles. The first kappa shape index (κ1) is 21.0. The number of benzene rings is 2. The number of carbonyl (C=O) groups is 1. The van der Waals surface area contributed by atoms with Crippen LogP contribution in [0, 0.1) is 5.82 Å². The van der Waals surface area contributed by atoms with Crippen molar-refractivity contribution in [2.45, 2.75) is 30.8 Å². The molecule has 0 bridgehead atoms. The van der Waals surface area contributed by atoms with Crippen molar-refractivity contribution < 1.29 is 9.18 Å². The van der Waals surface area contributed by atoms with E-state index in [2.05, 4.69) is 29.8 Å². The number of para-hydroxylation sites is 1. The summed E-state index contributed by atoms with van der Waals surface area (Å²) in [4.78, 5) is 15.5. The van der Waals surface area contributed by atoms with Crippen molar-refractivity contribution in [2.24, 2.45) is 5.10 Å². The zero-order chi connectivity index (χ0) is 22.1. The molecule has 4 nitrogen and oxygen atoms in total. The highest BCUT2D eigenvalue weighted by Gasteiger charge is 2.33. The standard InChI is InChI=1S/C25H22FN3OS2/c1-2-28-15-24(19-6-3-4-7-21(19)28)32-16-25(30)29-22(17-9-11-18(26)12-10-17)14-20(27-29)23-8-5-13-31-23/h3-13,15,22H,2,14,16H2,1H3/t22-/m0/s1. The van der Waals surface area contributed by atoms with Gasteiger partial charge in [0.15, 0.2) is 0 Å². The maximum absolute atomic E-state index is 13.5. The van der Waals surface area contributed by atoms with Crippen LogP contribution in [0.4, 0.5) is 4.39 Å². The number of thiophene rings is 1. The van der Waals surface area contributed by atoms with Crippen LogP contribution in [-0.2, 0) is 11.3 Å². The molecule has 5 rings (SSSR count). The fourth-order valence-electron chi connectivity index (χ4n) is 4.07. The monoisotopic (exact) mass is 463 g/mol. The molecule has 32 heavy (non-hydrogen) atoms. The maximum Gasteiger partial charge on any atom is 0.253 e. The second kappa shape index (κ2) is 8.92. The van der Waals surface area contributed by atoms with E-state index in [0.29, 0.717) is 6.42 Å². The number of aromatic nitrogens is 1. The summed E-state index contributed by atoms with van der Waals surface area (Å²) in [7, 11) is 0. The molecular weight excluding hydrogens is 441 g/mol. The van der Waals surface area contributed by atoms with Gasteiger partial charge >= 0.3 is 0 Å². The Morgan fingerprint density at radius 2 is 1.97 bits per heavy atom. The molecule has 0 N–H and O–H groups in total. The quantitative estimate of drug-likeness (QED) is 0.313. The second-order valence-corrected chi connectivity index (χ2v) is 9.58. The Bertz CT molecular complexity index is 1280. The molecule has 0 unspecified atom stereocenters. The van der Waals surface area contributed by atoms with Gasteiger partial charge in [0.25, 0.3) is 5.91 Å². The molecule has 1 atom stereocenters. The Morgan fingerprint density at radius 3 is 2.72 bits per heavy atom. The Kier molecular flexibility index (Phi) is 5.85. The van der Waals surface area contributed by atoms with E-state index in [1.165, 1.54) is 17.6 Å². The van der Waals surface area contributed by atoms with E-state index >= 15 is 0 Å². The molecule has 0 fully saturated rings. The lowest BCUT2D eigenvalue weighted by Crippen LogP contribution is -2.28. The van der Waals surface area contributed by atoms with Crippen LogP contribution in [0.25, 0.3) is 10.9 Å². The minimum atomic E-state index is -0.285. The Labute approximate surface area is 194 Å². The number of aryl methyl sites for hydroxylation is 1. The molecular formula is C25H22FN3OS2. The first-order chi connectivity index (χ1) is 15.6. The normalized spacial score (nSPS) is 16.0. The zero-order valence-corrected chi connectivity index (χ0v) is 19.2. The summed E-state index contributed by atoms with van der Waals surface area (Å²) >= 11 is 3.15. The van der Waals surface area contributed by atoms with Gasteiger partial charge < -0.3 is 4.57 Å². The lowest BCUT2D eigenvalue weighted by molar-refractivity contribution is -0.130. The van der Waals surface area contributed by atoms with E-state index in [9.17, 15) is 9.18 Å². The molecule has 162 valence electrons. The van der Waals surface area contributed by atoms with E-state index in [0.717, 1.165) is 33.0 Å². The average molecular weight is 464 g/mol. The first-order valence-corrected chi connectivity index (χ1v) is 12.4. The van der Waals surface area contributed by atoms with Crippen LogP contribution >= 0.6 is 23.1 Å². The van der Waals surface area contributed by atoms with Crippen LogP contribution in [0.5, 0.6) is 0 Å². The van der Waals surface area contributed by atoms with E-state index in [1.807, 2.05) is 29.6 Å². The van der Waals surface area contributed by atoms with Crippen LogP contribution in [0.2, 0.25) is 0 Å². The van der Waals surface area contributed by atoms with Gasteiger partial charge in [-0.1, -0.05) is 36.4 Å². The molecule has 1 aliphatic rings. The fourth-order valence-corrected chi connectivity index (χ4v) is 5.73. The first-order valence-electron chi connectivity index (χ1n) is 10.5. The number of halogens is 1. The fraction of sp³-hybridized carbons (Fsp3) is 0.200. The SMILES string of the molecule is CCn1cc(SCC(=O)N2N=C(c3cccs3)C[C@H]2c2ccc(F)cc2)c2ccccc21. The molecule has 4 aromatic rings. The summed E-state index contributed by atoms with van der Waals surface area (Å²) < 4.78 is 15.7. The number of amides is 1. The van der Waals surface area contributed by atoms with Crippen LogP contribution in [-0.4, -0.2) is 26.9 Å². The smallest absolute Gasteiger partial charge is 0.253 e. The van der Waals surface area contributed by atoms with Gasteiger partial charge in [0, 0.05) is 35.0 Å². The molecule has 2 aromatic heterocycles.